The molecule has 1 aliphatic rings. The minimum atomic E-state index is -0.299. The Balaban J connectivity index is 2.05. The van der Waals surface area contributed by atoms with Crippen LogP contribution in [0.3, 0.4) is 0 Å². The number of nitrogens with one attached hydrogen (secondary N) is 1. The van der Waals surface area contributed by atoms with Crippen LogP contribution < -0.4 is 0 Å². The fourth-order valence-electron chi connectivity index (χ4n) is 3.30. The third-order valence-electron chi connectivity index (χ3n) is 4.48. The first-order valence-corrected chi connectivity index (χ1v) is 6.80. The Labute approximate surface area is 112 Å². The lowest BCUT2D eigenvalue weighted by Gasteiger charge is -2.25. The third-order valence-corrected chi connectivity index (χ3v) is 4.48. The summed E-state index contributed by atoms with van der Waals surface area (Å²) >= 11 is 0. The lowest BCUT2D eigenvalue weighted by molar-refractivity contribution is 0.0841. The quantitative estimate of drug-likeness (QED) is 0.801. The summed E-state index contributed by atoms with van der Waals surface area (Å²) in [5.41, 5.74) is 1.50. The number of rotatable bonds is 2. The zero-order chi connectivity index (χ0) is 13.6. The van der Waals surface area contributed by atoms with E-state index in [1.807, 2.05) is 0 Å². The molecule has 1 heterocycles. The lowest BCUT2D eigenvalue weighted by atomic mass is 9.78. The van der Waals surface area contributed by atoms with Crippen LogP contribution in [0.15, 0.2) is 24.4 Å². The number of carbonyl (C=O) groups is 1. The van der Waals surface area contributed by atoms with Crippen molar-refractivity contribution in [1.82, 2.24) is 4.98 Å². The molecule has 0 aliphatic heterocycles. The van der Waals surface area contributed by atoms with Crippen LogP contribution in [-0.2, 0) is 0 Å². The van der Waals surface area contributed by atoms with Crippen molar-refractivity contribution in [1.29, 1.82) is 0 Å². The standard InChI is InChI=1S/C16H18FNO/c1-16(2)7-3-4-13(16)15(19)12-9-18-14-6-5-10(17)8-11(12)14/h5-6,8-9,13,18H,3-4,7H2,1-2H3. The maximum Gasteiger partial charge on any atom is 0.168 e. The molecule has 2 nitrogen and oxygen atoms in total. The number of benzene rings is 1. The van der Waals surface area contributed by atoms with Gasteiger partial charge in [0.05, 0.1) is 0 Å². The fraction of sp³-hybridized carbons (Fsp3) is 0.438. The first-order valence-electron chi connectivity index (χ1n) is 6.80. The van der Waals surface area contributed by atoms with Crippen LogP contribution in [0.25, 0.3) is 10.9 Å². The molecule has 0 amide bonds. The molecule has 3 heteroatoms. The molecule has 1 saturated carbocycles. The molecule has 1 aromatic heterocycles. The summed E-state index contributed by atoms with van der Waals surface area (Å²) in [6, 6.07) is 4.54. The number of aromatic nitrogens is 1. The number of hydrogen-bond donors (Lipinski definition) is 1. The first-order chi connectivity index (χ1) is 8.99. The Hall–Kier alpha value is -1.64. The van der Waals surface area contributed by atoms with E-state index in [0.717, 1.165) is 24.8 Å². The van der Waals surface area contributed by atoms with Gasteiger partial charge in [-0.15, -0.1) is 0 Å². The maximum absolute atomic E-state index is 13.4. The van der Waals surface area contributed by atoms with Gasteiger partial charge in [0.15, 0.2) is 5.78 Å². The molecular weight excluding hydrogens is 241 g/mol. The van der Waals surface area contributed by atoms with E-state index in [1.165, 1.54) is 12.1 Å². The number of halogens is 1. The second-order valence-electron chi connectivity index (χ2n) is 6.19. The number of fused-ring (bicyclic) bond motifs is 1. The minimum absolute atomic E-state index is 0.0496. The van der Waals surface area contributed by atoms with Gasteiger partial charge in [0, 0.05) is 28.6 Å². The Kier molecular flexibility index (Phi) is 2.73. The molecule has 1 atom stereocenters. The molecule has 3 rings (SSSR count). The van der Waals surface area contributed by atoms with E-state index >= 15 is 0 Å². The molecule has 1 unspecified atom stereocenters. The van der Waals surface area contributed by atoms with E-state index in [4.69, 9.17) is 0 Å². The summed E-state index contributed by atoms with van der Waals surface area (Å²) in [7, 11) is 0. The molecule has 0 radical (unpaired) electrons. The predicted octanol–water partition coefficient (Wildman–Crippen LogP) is 4.32. The van der Waals surface area contributed by atoms with Gasteiger partial charge in [0.1, 0.15) is 5.82 Å². The highest BCUT2D eigenvalue weighted by atomic mass is 19.1. The third kappa shape index (κ3) is 1.97. The molecule has 0 bridgehead atoms. The van der Waals surface area contributed by atoms with Gasteiger partial charge in [-0.3, -0.25) is 4.79 Å². The largest absolute Gasteiger partial charge is 0.360 e. The van der Waals surface area contributed by atoms with Crippen molar-refractivity contribution in [2.24, 2.45) is 11.3 Å². The van der Waals surface area contributed by atoms with E-state index in [-0.39, 0.29) is 22.9 Å². The molecule has 100 valence electrons. The molecule has 1 aromatic carbocycles. The molecular formula is C16H18FNO. The van der Waals surface area contributed by atoms with Crippen molar-refractivity contribution >= 4 is 16.7 Å². The average Bonchev–Trinajstić information content (AvgIpc) is 2.91. The number of ketones is 1. The first kappa shape index (κ1) is 12.4. The number of H-pyrrole nitrogens is 1. The van der Waals surface area contributed by atoms with Gasteiger partial charge < -0.3 is 4.98 Å². The Morgan fingerprint density at radius 3 is 2.89 bits per heavy atom. The van der Waals surface area contributed by atoms with E-state index in [1.54, 1.807) is 12.3 Å². The van der Waals surface area contributed by atoms with Crippen molar-refractivity contribution in [3.63, 3.8) is 0 Å². The SMILES string of the molecule is CC1(C)CCCC1C(=O)c1c[nH]c2ccc(F)cc12. The van der Waals surface area contributed by atoms with E-state index in [9.17, 15) is 9.18 Å². The van der Waals surface area contributed by atoms with Crippen molar-refractivity contribution in [3.8, 4) is 0 Å². The van der Waals surface area contributed by atoms with Crippen LogP contribution in [0.2, 0.25) is 0 Å². The van der Waals surface area contributed by atoms with Gasteiger partial charge in [-0.25, -0.2) is 4.39 Å². The molecule has 19 heavy (non-hydrogen) atoms. The van der Waals surface area contributed by atoms with Gasteiger partial charge >= 0.3 is 0 Å². The Morgan fingerprint density at radius 2 is 2.21 bits per heavy atom. The van der Waals surface area contributed by atoms with Crippen molar-refractivity contribution in [2.75, 3.05) is 0 Å². The highest BCUT2D eigenvalue weighted by Gasteiger charge is 2.40. The monoisotopic (exact) mass is 259 g/mol. The average molecular weight is 259 g/mol. The van der Waals surface area contributed by atoms with Gasteiger partial charge in [-0.05, 0) is 36.5 Å². The zero-order valence-electron chi connectivity index (χ0n) is 11.3. The summed E-state index contributed by atoms with van der Waals surface area (Å²) in [6.07, 6.45) is 4.84. The topological polar surface area (TPSA) is 32.9 Å². The van der Waals surface area contributed by atoms with Gasteiger partial charge in [0.25, 0.3) is 0 Å². The van der Waals surface area contributed by atoms with E-state index in [2.05, 4.69) is 18.8 Å². The highest BCUT2D eigenvalue weighted by molar-refractivity contribution is 6.09. The predicted molar refractivity (Wildman–Crippen MR) is 73.7 cm³/mol. The smallest absolute Gasteiger partial charge is 0.168 e. The zero-order valence-corrected chi connectivity index (χ0v) is 11.3. The maximum atomic E-state index is 13.4. The van der Waals surface area contributed by atoms with E-state index in [0.29, 0.717) is 10.9 Å². The summed E-state index contributed by atoms with van der Waals surface area (Å²) in [5.74, 6) is -0.0963. The summed E-state index contributed by atoms with van der Waals surface area (Å²) in [5, 5.41) is 0.702. The number of aromatic amines is 1. The van der Waals surface area contributed by atoms with Crippen LogP contribution in [0.1, 0.15) is 43.5 Å². The number of carbonyl (C=O) groups excluding carboxylic acids is 1. The van der Waals surface area contributed by atoms with Crippen LogP contribution in [-0.4, -0.2) is 10.8 Å². The van der Waals surface area contributed by atoms with Crippen LogP contribution in [0.4, 0.5) is 4.39 Å². The fourth-order valence-corrected chi connectivity index (χ4v) is 3.30. The second-order valence-corrected chi connectivity index (χ2v) is 6.19. The van der Waals surface area contributed by atoms with Gasteiger partial charge in [-0.2, -0.15) is 0 Å². The van der Waals surface area contributed by atoms with Gasteiger partial charge in [0.2, 0.25) is 0 Å². The number of Topliss-reactive ketones (excluding diaryl/α,β-unsaturated/α-hetero) is 1. The van der Waals surface area contributed by atoms with Crippen LogP contribution in [0.5, 0.6) is 0 Å². The van der Waals surface area contributed by atoms with Crippen LogP contribution in [0, 0.1) is 17.2 Å². The molecule has 1 N–H and O–H groups in total. The Bertz CT molecular complexity index is 641. The van der Waals surface area contributed by atoms with Crippen molar-refractivity contribution < 1.29 is 9.18 Å². The van der Waals surface area contributed by atoms with Crippen LogP contribution >= 0.6 is 0 Å². The van der Waals surface area contributed by atoms with E-state index < -0.39 is 0 Å². The summed E-state index contributed by atoms with van der Waals surface area (Å²) in [4.78, 5) is 15.8. The Morgan fingerprint density at radius 1 is 1.42 bits per heavy atom. The number of hydrogen-bond acceptors (Lipinski definition) is 1. The molecule has 1 fully saturated rings. The molecule has 0 saturated heterocycles. The molecule has 1 aliphatic carbocycles. The summed E-state index contributed by atoms with van der Waals surface area (Å²) in [6.45, 7) is 4.30. The van der Waals surface area contributed by atoms with Gasteiger partial charge in [-0.1, -0.05) is 20.3 Å². The van der Waals surface area contributed by atoms with Crippen molar-refractivity contribution in [2.45, 2.75) is 33.1 Å². The second kappa shape index (κ2) is 4.19. The highest BCUT2D eigenvalue weighted by Crippen LogP contribution is 2.44. The molecule has 2 aromatic rings. The summed E-state index contributed by atoms with van der Waals surface area (Å²) < 4.78 is 13.4. The van der Waals surface area contributed by atoms with Crippen molar-refractivity contribution in [3.05, 3.63) is 35.8 Å². The minimum Gasteiger partial charge on any atom is -0.360 e. The molecule has 0 spiro atoms. The lowest BCUT2D eigenvalue weighted by Crippen LogP contribution is -2.25. The normalized spacial score (nSPS) is 21.9.